The van der Waals surface area contributed by atoms with Crippen molar-refractivity contribution < 1.29 is 28.6 Å². The van der Waals surface area contributed by atoms with Gasteiger partial charge in [0.05, 0.1) is 17.3 Å². The average Bonchev–Trinajstić information content (AvgIpc) is 2.99. The lowest BCUT2D eigenvalue weighted by Gasteiger charge is -2.33. The van der Waals surface area contributed by atoms with Crippen LogP contribution in [-0.2, 0) is 32.0 Å². The number of rotatable bonds is 9. The van der Waals surface area contributed by atoms with E-state index in [1.807, 2.05) is 34.6 Å². The molecule has 1 aromatic carbocycles. The Morgan fingerprint density at radius 3 is 2.51 bits per heavy atom. The van der Waals surface area contributed by atoms with Crippen molar-refractivity contribution in [3.8, 4) is 0 Å². The predicted molar refractivity (Wildman–Crippen MR) is 168 cm³/mol. The second-order valence-corrected chi connectivity index (χ2v) is 11.5. The molecule has 0 bridgehead atoms. The number of halogens is 1. The molecule has 2 aromatic rings. The molecule has 2 heterocycles. The molecule has 1 aromatic heterocycles. The molecule has 234 valence electrons. The summed E-state index contributed by atoms with van der Waals surface area (Å²) < 4.78 is 20.3. The summed E-state index contributed by atoms with van der Waals surface area (Å²) in [6.45, 7) is 16.5. The molecule has 1 aliphatic carbocycles. The Morgan fingerprint density at radius 1 is 1.26 bits per heavy atom. The van der Waals surface area contributed by atoms with Crippen molar-refractivity contribution in [1.29, 1.82) is 0 Å². The Hall–Kier alpha value is -3.39. The summed E-state index contributed by atoms with van der Waals surface area (Å²) in [6, 6.07) is 1.19. The van der Waals surface area contributed by atoms with E-state index in [4.69, 9.17) is 9.72 Å². The van der Waals surface area contributed by atoms with Gasteiger partial charge < -0.3 is 15.2 Å². The molecule has 0 saturated carbocycles. The van der Waals surface area contributed by atoms with Crippen LogP contribution >= 0.6 is 0 Å². The molecule has 2 aliphatic rings. The standard InChI is InChI=1S/C33H41FN2O5.C2H6/c1-8-11-27(37)35-25-13-12-21-19(7)24(34)15-26-29(21)28(25)20(9-2)30(36-26)18(6)14-23-22(31(38)17(4)5)16-41-32(39)33(23,40)10-3;1-2/h14-15,17,25,40H,8-13,16H2,1-7H3,(H,35,37);1-2H3/b18-14+;. The summed E-state index contributed by atoms with van der Waals surface area (Å²) in [5.74, 6) is -1.73. The number of amides is 1. The number of nitrogens with zero attached hydrogens (tertiary/aromatic N) is 1. The quantitative estimate of drug-likeness (QED) is 0.310. The number of allylic oxidation sites excluding steroid dienone is 1. The average molecular weight is 595 g/mol. The molecular formula is C35H47FN2O5. The largest absolute Gasteiger partial charge is 0.458 e. The first-order valence-corrected chi connectivity index (χ1v) is 15.7. The minimum atomic E-state index is -1.98. The molecule has 1 amide bonds. The number of hydrogen-bond acceptors (Lipinski definition) is 6. The van der Waals surface area contributed by atoms with Crippen molar-refractivity contribution >= 4 is 34.1 Å². The lowest BCUT2D eigenvalue weighted by atomic mass is 9.79. The molecule has 4 rings (SSSR count). The second kappa shape index (κ2) is 13.9. The summed E-state index contributed by atoms with van der Waals surface area (Å²) in [5, 5.41) is 15.5. The number of Topliss-reactive ketones (excluding diaryl/α,β-unsaturated/α-hetero) is 1. The van der Waals surface area contributed by atoms with Crippen LogP contribution in [0, 0.1) is 18.7 Å². The fraction of sp³-hybridized carbons (Fsp3) is 0.543. The number of pyridine rings is 1. The first kappa shape index (κ1) is 34.1. The number of aromatic nitrogens is 1. The van der Waals surface area contributed by atoms with Crippen molar-refractivity contribution in [2.24, 2.45) is 5.92 Å². The lowest BCUT2D eigenvalue weighted by molar-refractivity contribution is -0.163. The van der Waals surface area contributed by atoms with E-state index in [1.165, 1.54) is 6.07 Å². The number of carbonyl (C=O) groups excluding carboxylic acids is 3. The maximum atomic E-state index is 15.1. The molecule has 0 saturated heterocycles. The topological polar surface area (TPSA) is 106 Å². The van der Waals surface area contributed by atoms with Crippen molar-refractivity contribution in [2.45, 2.75) is 112 Å². The third-order valence-corrected chi connectivity index (χ3v) is 8.47. The van der Waals surface area contributed by atoms with E-state index < -0.39 is 11.6 Å². The van der Waals surface area contributed by atoms with Gasteiger partial charge in [-0.1, -0.05) is 48.5 Å². The van der Waals surface area contributed by atoms with E-state index in [2.05, 4.69) is 5.32 Å². The normalized spacial score (nSPS) is 20.1. The molecule has 0 radical (unpaired) electrons. The minimum absolute atomic E-state index is 0.0240. The van der Waals surface area contributed by atoms with Crippen LogP contribution in [0.1, 0.15) is 115 Å². The van der Waals surface area contributed by atoms with E-state index in [-0.39, 0.29) is 53.6 Å². The second-order valence-electron chi connectivity index (χ2n) is 11.5. The number of aryl methyl sites for hydroxylation is 1. The van der Waals surface area contributed by atoms with Gasteiger partial charge >= 0.3 is 5.97 Å². The van der Waals surface area contributed by atoms with Crippen molar-refractivity contribution in [1.82, 2.24) is 10.3 Å². The maximum absolute atomic E-state index is 15.1. The SMILES string of the molecule is CC.CCCC(=O)NC1CCc2c(C)c(F)cc3nc(/C(C)=C/C4=C(C(=O)C(C)C)COC(=O)C4(O)CC)c(CC)c1c23. The third-order valence-electron chi connectivity index (χ3n) is 8.47. The highest BCUT2D eigenvalue weighted by Crippen LogP contribution is 2.42. The predicted octanol–water partition coefficient (Wildman–Crippen LogP) is 6.80. The number of carbonyl (C=O) groups is 3. The highest BCUT2D eigenvalue weighted by Gasteiger charge is 2.45. The maximum Gasteiger partial charge on any atom is 0.343 e. The first-order chi connectivity index (χ1) is 20.4. The van der Waals surface area contributed by atoms with Gasteiger partial charge in [-0.05, 0) is 79.9 Å². The van der Waals surface area contributed by atoms with Gasteiger partial charge in [-0.3, -0.25) is 9.59 Å². The van der Waals surface area contributed by atoms with E-state index in [1.54, 1.807) is 33.8 Å². The van der Waals surface area contributed by atoms with Gasteiger partial charge in [0.25, 0.3) is 0 Å². The smallest absolute Gasteiger partial charge is 0.343 e. The zero-order chi connectivity index (χ0) is 32.2. The zero-order valence-corrected chi connectivity index (χ0v) is 27.2. The number of cyclic esters (lactones) is 1. The van der Waals surface area contributed by atoms with Crippen LogP contribution in [0.3, 0.4) is 0 Å². The van der Waals surface area contributed by atoms with Gasteiger partial charge in [0.1, 0.15) is 12.4 Å². The van der Waals surface area contributed by atoms with Gasteiger partial charge in [0.2, 0.25) is 5.91 Å². The van der Waals surface area contributed by atoms with Crippen LogP contribution in [0.15, 0.2) is 23.3 Å². The number of ketones is 1. The lowest BCUT2D eigenvalue weighted by Crippen LogP contribution is -2.46. The summed E-state index contributed by atoms with van der Waals surface area (Å²) >= 11 is 0. The zero-order valence-electron chi connectivity index (χ0n) is 27.2. The molecule has 43 heavy (non-hydrogen) atoms. The summed E-state index contributed by atoms with van der Waals surface area (Å²) in [4.78, 5) is 43.6. The van der Waals surface area contributed by atoms with Gasteiger partial charge in [-0.25, -0.2) is 14.2 Å². The van der Waals surface area contributed by atoms with E-state index in [9.17, 15) is 19.5 Å². The molecule has 7 nitrogen and oxygen atoms in total. The van der Waals surface area contributed by atoms with Gasteiger partial charge in [0.15, 0.2) is 11.4 Å². The third kappa shape index (κ3) is 6.30. The first-order valence-electron chi connectivity index (χ1n) is 15.7. The Kier molecular flexibility index (Phi) is 11.0. The number of esters is 1. The minimum Gasteiger partial charge on any atom is -0.458 e. The van der Waals surface area contributed by atoms with Crippen LogP contribution in [0.4, 0.5) is 4.39 Å². The van der Waals surface area contributed by atoms with Crippen LogP contribution < -0.4 is 5.32 Å². The van der Waals surface area contributed by atoms with E-state index >= 15 is 4.39 Å². The number of ether oxygens (including phenoxy) is 1. The van der Waals surface area contributed by atoms with Gasteiger partial charge in [0, 0.05) is 34.9 Å². The van der Waals surface area contributed by atoms with Gasteiger partial charge in [-0.15, -0.1) is 0 Å². The molecule has 8 heteroatoms. The molecule has 2 atom stereocenters. The Bertz CT molecular complexity index is 1490. The summed E-state index contributed by atoms with van der Waals surface area (Å²) in [6.07, 6.45) is 4.69. The number of aliphatic hydroxyl groups is 1. The molecular weight excluding hydrogens is 547 g/mol. The van der Waals surface area contributed by atoms with Crippen LogP contribution in [0.2, 0.25) is 0 Å². The molecule has 1 aliphatic heterocycles. The molecule has 0 fully saturated rings. The Morgan fingerprint density at radius 2 is 1.93 bits per heavy atom. The monoisotopic (exact) mass is 594 g/mol. The Balaban J connectivity index is 0.00000248. The summed E-state index contributed by atoms with van der Waals surface area (Å²) in [7, 11) is 0. The molecule has 2 unspecified atom stereocenters. The highest BCUT2D eigenvalue weighted by molar-refractivity contribution is 6.03. The number of nitrogens with one attached hydrogen (secondary N) is 1. The fourth-order valence-corrected chi connectivity index (χ4v) is 6.17. The van der Waals surface area contributed by atoms with Crippen molar-refractivity contribution in [3.05, 3.63) is 57.1 Å². The number of hydrogen-bond donors (Lipinski definition) is 2. The van der Waals surface area contributed by atoms with Crippen LogP contribution in [0.25, 0.3) is 16.5 Å². The fourth-order valence-electron chi connectivity index (χ4n) is 6.17. The van der Waals surface area contributed by atoms with Crippen LogP contribution in [-0.4, -0.2) is 40.0 Å². The molecule has 2 N–H and O–H groups in total. The van der Waals surface area contributed by atoms with Crippen molar-refractivity contribution in [2.75, 3.05) is 6.61 Å². The van der Waals surface area contributed by atoms with Gasteiger partial charge in [-0.2, -0.15) is 0 Å². The van der Waals surface area contributed by atoms with Crippen molar-refractivity contribution in [3.63, 3.8) is 0 Å². The molecule has 0 spiro atoms. The number of benzene rings is 1. The van der Waals surface area contributed by atoms with Crippen LogP contribution in [0.5, 0.6) is 0 Å². The highest BCUT2D eigenvalue weighted by atomic mass is 19.1. The Labute approximate surface area is 255 Å². The van der Waals surface area contributed by atoms with E-state index in [0.29, 0.717) is 48.0 Å². The van der Waals surface area contributed by atoms with E-state index in [0.717, 1.165) is 28.5 Å². The summed E-state index contributed by atoms with van der Waals surface area (Å²) in [5.41, 5.74) is 3.56.